The van der Waals surface area contributed by atoms with Crippen molar-refractivity contribution in [3.05, 3.63) is 23.4 Å². The van der Waals surface area contributed by atoms with Crippen LogP contribution in [-0.4, -0.2) is 99.0 Å². The molecule has 3 aliphatic rings. The van der Waals surface area contributed by atoms with Gasteiger partial charge in [0, 0.05) is 75.9 Å². The van der Waals surface area contributed by atoms with Crippen molar-refractivity contribution in [2.75, 3.05) is 62.9 Å². The van der Waals surface area contributed by atoms with Crippen molar-refractivity contribution in [3.8, 4) is 0 Å². The van der Waals surface area contributed by atoms with Gasteiger partial charge in [-0.3, -0.25) is 9.00 Å². The van der Waals surface area contributed by atoms with E-state index in [2.05, 4.69) is 20.5 Å². The van der Waals surface area contributed by atoms with Crippen LogP contribution in [0.4, 0.5) is 11.8 Å². The monoisotopic (exact) mass is 543 g/mol. The van der Waals surface area contributed by atoms with E-state index in [1.807, 2.05) is 18.5 Å². The molecule has 5 rings (SSSR count). The lowest BCUT2D eigenvalue weighted by atomic mass is 10.1. The lowest BCUT2D eigenvalue weighted by Crippen LogP contribution is -2.36. The van der Waals surface area contributed by atoms with Gasteiger partial charge in [0.05, 0.1) is 29.6 Å². The summed E-state index contributed by atoms with van der Waals surface area (Å²) in [5, 5.41) is 14.9. The van der Waals surface area contributed by atoms with Gasteiger partial charge in [0.15, 0.2) is 0 Å². The van der Waals surface area contributed by atoms with Crippen LogP contribution in [0, 0.1) is 11.3 Å². The maximum Gasteiger partial charge on any atom is 0.274 e. The van der Waals surface area contributed by atoms with Crippen LogP contribution in [-0.2, 0) is 35.0 Å². The second kappa shape index (κ2) is 11.5. The van der Waals surface area contributed by atoms with E-state index < -0.39 is 10.8 Å². The number of ether oxygens (including phenoxy) is 1. The summed E-state index contributed by atoms with van der Waals surface area (Å²) in [5.41, 5.74) is 1.74. The largest absolute Gasteiger partial charge is 0.381 e. The average Bonchev–Trinajstić information content (AvgIpc) is 3.52. The molecular formula is C25H37N9O3S. The number of nitrogens with one attached hydrogen (secondary N) is 3. The van der Waals surface area contributed by atoms with Gasteiger partial charge in [0.25, 0.3) is 5.91 Å². The van der Waals surface area contributed by atoms with Crippen molar-refractivity contribution in [1.29, 1.82) is 5.41 Å². The molecule has 2 aromatic heterocycles. The smallest absolute Gasteiger partial charge is 0.274 e. The summed E-state index contributed by atoms with van der Waals surface area (Å²) in [6, 6.07) is 0.238. The SMILES string of the molecule is CNCC(C)C(=N)CN(C)C(=O)c1cn2c(n1)CN(c1nc3c(c(NC4CCOCC4)n1)S(=O)CC3)CC2. The van der Waals surface area contributed by atoms with E-state index in [1.165, 1.54) is 0 Å². The molecule has 3 N–H and O–H groups in total. The van der Waals surface area contributed by atoms with Crippen molar-refractivity contribution in [2.45, 2.75) is 50.2 Å². The zero-order chi connectivity index (χ0) is 26.8. The van der Waals surface area contributed by atoms with Gasteiger partial charge in [-0.05, 0) is 19.9 Å². The van der Waals surface area contributed by atoms with Crippen LogP contribution in [0.5, 0.6) is 0 Å². The topological polar surface area (TPSA) is 141 Å². The molecule has 0 saturated carbocycles. The molecule has 3 aliphatic heterocycles. The third-order valence-corrected chi connectivity index (χ3v) is 8.86. The Kier molecular flexibility index (Phi) is 8.05. The fraction of sp³-hybridized carbons (Fsp3) is 0.640. The minimum atomic E-state index is -1.09. The molecule has 2 atom stereocenters. The summed E-state index contributed by atoms with van der Waals surface area (Å²) >= 11 is 0. The molecule has 0 radical (unpaired) electrons. The molecule has 1 fully saturated rings. The molecule has 1 saturated heterocycles. The Morgan fingerprint density at radius 3 is 2.84 bits per heavy atom. The Balaban J connectivity index is 1.31. The van der Waals surface area contributed by atoms with Crippen LogP contribution in [0.25, 0.3) is 0 Å². The lowest BCUT2D eigenvalue weighted by Gasteiger charge is -2.29. The van der Waals surface area contributed by atoms with Crippen LogP contribution in [0.1, 0.15) is 41.8 Å². The highest BCUT2D eigenvalue weighted by molar-refractivity contribution is 7.85. The number of carbonyl (C=O) groups is 1. The first kappa shape index (κ1) is 26.7. The summed E-state index contributed by atoms with van der Waals surface area (Å²) < 4.78 is 20.2. The van der Waals surface area contributed by atoms with Gasteiger partial charge in [-0.1, -0.05) is 6.92 Å². The maximum atomic E-state index is 13.1. The van der Waals surface area contributed by atoms with Gasteiger partial charge in [-0.25, -0.2) is 9.97 Å². The van der Waals surface area contributed by atoms with E-state index in [0.717, 1.165) is 29.3 Å². The van der Waals surface area contributed by atoms with E-state index in [-0.39, 0.29) is 24.4 Å². The van der Waals surface area contributed by atoms with Gasteiger partial charge < -0.3 is 35.1 Å². The third-order valence-electron chi connectivity index (χ3n) is 7.40. The summed E-state index contributed by atoms with van der Waals surface area (Å²) in [5.74, 6) is 2.48. The molecule has 12 nitrogen and oxygen atoms in total. The van der Waals surface area contributed by atoms with Crippen molar-refractivity contribution in [1.82, 2.24) is 29.7 Å². The summed E-state index contributed by atoms with van der Waals surface area (Å²) in [4.78, 5) is 31.7. The first-order chi connectivity index (χ1) is 18.3. The number of amides is 1. The number of aromatic nitrogens is 4. The van der Waals surface area contributed by atoms with E-state index in [0.29, 0.717) is 74.7 Å². The molecule has 1 amide bonds. The highest BCUT2D eigenvalue weighted by Gasteiger charge is 2.30. The predicted octanol–water partition coefficient (Wildman–Crippen LogP) is 0.895. The summed E-state index contributed by atoms with van der Waals surface area (Å²) in [7, 11) is 2.48. The van der Waals surface area contributed by atoms with Crippen molar-refractivity contribution >= 4 is 34.2 Å². The normalized spacial score (nSPS) is 20.1. The van der Waals surface area contributed by atoms with Crippen LogP contribution >= 0.6 is 0 Å². The van der Waals surface area contributed by atoms with Gasteiger partial charge >= 0.3 is 0 Å². The number of fused-ring (bicyclic) bond motifs is 2. The number of hydrogen-bond acceptors (Lipinski definition) is 10. The molecule has 2 aromatic rings. The molecule has 206 valence electrons. The molecule has 0 aromatic carbocycles. The standard InChI is InChI=1S/C25H37N9O3S/c1-16(12-27-2)18(26)13-32(3)24(35)20-14-33-7-8-34(15-21(33)29-20)25-30-19-6-11-38(36)22(19)23(31-25)28-17-4-9-37-10-5-17/h14,16-17,26-27H,4-13,15H2,1-3H3,(H,28,30,31). The Labute approximate surface area is 225 Å². The fourth-order valence-corrected chi connectivity index (χ4v) is 6.41. The molecule has 38 heavy (non-hydrogen) atoms. The van der Waals surface area contributed by atoms with Crippen molar-refractivity contribution in [3.63, 3.8) is 0 Å². The Bertz CT molecular complexity index is 1230. The van der Waals surface area contributed by atoms with Crippen molar-refractivity contribution < 1.29 is 13.7 Å². The van der Waals surface area contributed by atoms with Crippen LogP contribution in [0.2, 0.25) is 0 Å². The van der Waals surface area contributed by atoms with Gasteiger partial charge in [0.1, 0.15) is 22.2 Å². The molecular weight excluding hydrogens is 506 g/mol. The van der Waals surface area contributed by atoms with Crippen molar-refractivity contribution in [2.24, 2.45) is 5.92 Å². The van der Waals surface area contributed by atoms with Gasteiger partial charge in [0.2, 0.25) is 5.95 Å². The zero-order valence-corrected chi connectivity index (χ0v) is 23.1. The first-order valence-corrected chi connectivity index (χ1v) is 14.6. The number of anilines is 2. The molecule has 0 spiro atoms. The van der Waals surface area contributed by atoms with Crippen LogP contribution in [0.3, 0.4) is 0 Å². The molecule has 13 heteroatoms. The molecule has 0 bridgehead atoms. The Morgan fingerprint density at radius 1 is 1.29 bits per heavy atom. The van der Waals surface area contributed by atoms with Gasteiger partial charge in [-0.2, -0.15) is 4.98 Å². The maximum absolute atomic E-state index is 13.1. The van der Waals surface area contributed by atoms with Gasteiger partial charge in [-0.15, -0.1) is 0 Å². The van der Waals surface area contributed by atoms with E-state index in [9.17, 15) is 9.00 Å². The second-order valence-electron chi connectivity index (χ2n) is 10.3. The second-order valence-corrected chi connectivity index (χ2v) is 11.8. The number of hydrogen-bond donors (Lipinski definition) is 3. The van der Waals surface area contributed by atoms with E-state index in [4.69, 9.17) is 20.1 Å². The van der Waals surface area contributed by atoms with E-state index >= 15 is 0 Å². The first-order valence-electron chi connectivity index (χ1n) is 13.3. The number of nitrogens with zero attached hydrogens (tertiary/aromatic N) is 6. The highest BCUT2D eigenvalue weighted by atomic mass is 32.2. The quantitative estimate of drug-likeness (QED) is 0.393. The minimum absolute atomic E-state index is 0.0505. The van der Waals surface area contributed by atoms with Crippen LogP contribution in [0.15, 0.2) is 11.1 Å². The molecule has 2 unspecified atom stereocenters. The third kappa shape index (κ3) is 5.59. The summed E-state index contributed by atoms with van der Waals surface area (Å²) in [6.07, 6.45) is 4.26. The molecule has 5 heterocycles. The average molecular weight is 544 g/mol. The zero-order valence-electron chi connectivity index (χ0n) is 22.3. The fourth-order valence-electron chi connectivity index (χ4n) is 5.09. The predicted molar refractivity (Wildman–Crippen MR) is 146 cm³/mol. The number of carbonyl (C=O) groups excluding carboxylic acids is 1. The Hall–Kier alpha value is -2.90. The summed E-state index contributed by atoms with van der Waals surface area (Å²) in [6.45, 7) is 6.17. The van der Waals surface area contributed by atoms with E-state index in [1.54, 1.807) is 18.1 Å². The molecule has 0 aliphatic carbocycles. The van der Waals surface area contributed by atoms with Crippen LogP contribution < -0.4 is 15.5 Å². The minimum Gasteiger partial charge on any atom is -0.381 e. The number of rotatable bonds is 9. The Morgan fingerprint density at radius 2 is 2.08 bits per heavy atom. The highest BCUT2D eigenvalue weighted by Crippen LogP contribution is 2.32. The lowest BCUT2D eigenvalue weighted by molar-refractivity contribution is 0.0808. The number of aryl methyl sites for hydroxylation is 1. The number of imidazole rings is 1.